The van der Waals surface area contributed by atoms with Gasteiger partial charge in [0.05, 0.1) is 0 Å². The lowest BCUT2D eigenvalue weighted by Crippen LogP contribution is -1.99. The second kappa shape index (κ2) is 3.21. The Kier molecular flexibility index (Phi) is 2.28. The molecule has 1 aromatic heterocycles. The molecule has 1 rings (SSSR count). The maximum atomic E-state index is 10.5. The lowest BCUT2D eigenvalue weighted by Gasteiger charge is -1.91. The van der Waals surface area contributed by atoms with Gasteiger partial charge in [-0.15, -0.1) is 0 Å². The number of ether oxygens (including phenoxy) is 1. The molecule has 0 saturated heterocycles. The van der Waals surface area contributed by atoms with Crippen LogP contribution in [0.4, 0.5) is 0 Å². The van der Waals surface area contributed by atoms with Gasteiger partial charge in [-0.25, -0.2) is 0 Å². The summed E-state index contributed by atoms with van der Waals surface area (Å²) >= 11 is 0. The maximum absolute atomic E-state index is 10.5. The minimum absolute atomic E-state index is 0.0575. The Labute approximate surface area is 69.1 Å². The molecule has 0 spiro atoms. The van der Waals surface area contributed by atoms with Crippen molar-refractivity contribution < 1.29 is 18.7 Å². The van der Waals surface area contributed by atoms with Crippen LogP contribution in [0.15, 0.2) is 10.5 Å². The molecular formula is C8H8O4. The quantitative estimate of drug-likeness (QED) is 0.493. The highest BCUT2D eigenvalue weighted by Gasteiger charge is 2.08. The molecule has 0 bridgehead atoms. The summed E-state index contributed by atoms with van der Waals surface area (Å²) in [6.45, 7) is 2.96. The normalized spacial score (nSPS) is 9.50. The molecule has 0 aliphatic carbocycles. The summed E-state index contributed by atoms with van der Waals surface area (Å²) in [5.41, 5.74) is 0.654. The number of carbonyl (C=O) groups is 2. The molecule has 0 fully saturated rings. The molecule has 4 heteroatoms. The Morgan fingerprint density at radius 2 is 2.33 bits per heavy atom. The van der Waals surface area contributed by atoms with Crippen molar-refractivity contribution >= 4 is 12.3 Å². The third-order valence-electron chi connectivity index (χ3n) is 1.28. The van der Waals surface area contributed by atoms with Gasteiger partial charge in [-0.1, -0.05) is 0 Å². The van der Waals surface area contributed by atoms with Crippen LogP contribution in [0.2, 0.25) is 0 Å². The van der Waals surface area contributed by atoms with E-state index < -0.39 is 5.97 Å². The molecule has 0 aromatic carbocycles. The van der Waals surface area contributed by atoms with Crippen LogP contribution in [0.3, 0.4) is 0 Å². The molecule has 0 unspecified atom stereocenters. The van der Waals surface area contributed by atoms with E-state index in [1.54, 1.807) is 6.92 Å². The third-order valence-corrected chi connectivity index (χ3v) is 1.28. The summed E-state index contributed by atoms with van der Waals surface area (Å²) < 4.78 is 9.48. The molecule has 1 aromatic rings. The highest BCUT2D eigenvalue weighted by atomic mass is 16.6. The average molecular weight is 168 g/mol. The molecule has 0 aliphatic heterocycles. The lowest BCUT2D eigenvalue weighted by molar-refractivity contribution is -0.133. The standard InChI is InChI=1S/C8H8O4/c1-5-3-8(11-6(2)10)12-7(5)4-9/h3-4H,1-2H3. The highest BCUT2D eigenvalue weighted by molar-refractivity contribution is 5.74. The predicted octanol–water partition coefficient (Wildman–Crippen LogP) is 1.33. The second-order valence-electron chi connectivity index (χ2n) is 2.32. The number of hydrogen-bond donors (Lipinski definition) is 0. The van der Waals surface area contributed by atoms with Crippen molar-refractivity contribution in [1.82, 2.24) is 0 Å². The highest BCUT2D eigenvalue weighted by Crippen LogP contribution is 2.19. The second-order valence-corrected chi connectivity index (χ2v) is 2.32. The molecule has 0 saturated carbocycles. The van der Waals surface area contributed by atoms with Crippen molar-refractivity contribution in [3.63, 3.8) is 0 Å². The zero-order valence-corrected chi connectivity index (χ0v) is 6.79. The van der Waals surface area contributed by atoms with Gasteiger partial charge in [0.15, 0.2) is 12.0 Å². The molecule has 0 atom stereocenters. The molecule has 64 valence electrons. The Morgan fingerprint density at radius 1 is 1.67 bits per heavy atom. The van der Waals surface area contributed by atoms with E-state index in [1.165, 1.54) is 13.0 Å². The number of rotatable bonds is 2. The van der Waals surface area contributed by atoms with E-state index in [2.05, 4.69) is 4.74 Å². The topological polar surface area (TPSA) is 56.5 Å². The van der Waals surface area contributed by atoms with Crippen molar-refractivity contribution in [1.29, 1.82) is 0 Å². The third kappa shape index (κ3) is 1.72. The van der Waals surface area contributed by atoms with E-state index >= 15 is 0 Å². The van der Waals surface area contributed by atoms with Crippen LogP contribution in [0, 0.1) is 6.92 Å². The fourth-order valence-corrected chi connectivity index (χ4v) is 0.775. The predicted molar refractivity (Wildman–Crippen MR) is 40.1 cm³/mol. The number of carbonyl (C=O) groups excluding carboxylic acids is 2. The van der Waals surface area contributed by atoms with Gasteiger partial charge in [0.2, 0.25) is 0 Å². The van der Waals surface area contributed by atoms with Gasteiger partial charge in [0.1, 0.15) is 0 Å². The number of aryl methyl sites for hydroxylation is 1. The fraction of sp³-hybridized carbons (Fsp3) is 0.250. The largest absolute Gasteiger partial charge is 0.422 e. The van der Waals surface area contributed by atoms with E-state index in [0.29, 0.717) is 11.8 Å². The maximum Gasteiger partial charge on any atom is 0.310 e. The first-order valence-electron chi connectivity index (χ1n) is 3.37. The summed E-state index contributed by atoms with van der Waals surface area (Å²) in [7, 11) is 0. The summed E-state index contributed by atoms with van der Waals surface area (Å²) in [5.74, 6) is -0.227. The monoisotopic (exact) mass is 168 g/mol. The van der Waals surface area contributed by atoms with Crippen LogP contribution in [-0.4, -0.2) is 12.3 Å². The van der Waals surface area contributed by atoms with Crippen LogP contribution in [0.25, 0.3) is 0 Å². The van der Waals surface area contributed by atoms with Crippen LogP contribution in [0.5, 0.6) is 5.95 Å². The molecule has 12 heavy (non-hydrogen) atoms. The number of furan rings is 1. The van der Waals surface area contributed by atoms with Crippen molar-refractivity contribution in [2.75, 3.05) is 0 Å². The zero-order chi connectivity index (χ0) is 9.14. The first kappa shape index (κ1) is 8.52. The Bertz CT molecular complexity index is 311. The van der Waals surface area contributed by atoms with E-state index in [4.69, 9.17) is 4.42 Å². The average Bonchev–Trinajstić information content (AvgIpc) is 2.29. The molecule has 0 N–H and O–H groups in total. The van der Waals surface area contributed by atoms with Crippen LogP contribution >= 0.6 is 0 Å². The van der Waals surface area contributed by atoms with Gasteiger partial charge in [-0.05, 0) is 6.92 Å². The van der Waals surface area contributed by atoms with Gasteiger partial charge in [-0.2, -0.15) is 0 Å². The van der Waals surface area contributed by atoms with Gasteiger partial charge >= 0.3 is 5.97 Å². The van der Waals surface area contributed by atoms with Crippen LogP contribution in [-0.2, 0) is 4.79 Å². The summed E-state index contributed by atoms with van der Waals surface area (Å²) in [6, 6.07) is 1.49. The smallest absolute Gasteiger partial charge is 0.310 e. The van der Waals surface area contributed by atoms with Gasteiger partial charge in [0.25, 0.3) is 5.95 Å². The van der Waals surface area contributed by atoms with Crippen molar-refractivity contribution in [3.8, 4) is 5.95 Å². The summed E-state index contributed by atoms with van der Waals surface area (Å²) in [6.07, 6.45) is 0.572. The molecule has 0 amide bonds. The van der Waals surface area contributed by atoms with Gasteiger partial charge in [-0.3, -0.25) is 9.59 Å². The van der Waals surface area contributed by atoms with Gasteiger partial charge < -0.3 is 9.15 Å². The van der Waals surface area contributed by atoms with E-state index in [-0.39, 0.29) is 11.7 Å². The van der Waals surface area contributed by atoms with Crippen molar-refractivity contribution in [2.24, 2.45) is 0 Å². The fourth-order valence-electron chi connectivity index (χ4n) is 0.775. The van der Waals surface area contributed by atoms with Gasteiger partial charge in [0, 0.05) is 18.6 Å². The Balaban J connectivity index is 2.89. The Hall–Kier alpha value is -1.58. The molecule has 0 aliphatic rings. The van der Waals surface area contributed by atoms with Crippen LogP contribution in [0.1, 0.15) is 23.0 Å². The van der Waals surface area contributed by atoms with Crippen molar-refractivity contribution in [2.45, 2.75) is 13.8 Å². The SMILES string of the molecule is CC(=O)Oc1cc(C)c(C=O)o1. The van der Waals surface area contributed by atoms with E-state index in [1.807, 2.05) is 0 Å². The van der Waals surface area contributed by atoms with E-state index in [0.717, 1.165) is 0 Å². The number of hydrogen-bond acceptors (Lipinski definition) is 4. The number of aldehydes is 1. The molecule has 1 heterocycles. The number of esters is 1. The molecule has 0 radical (unpaired) electrons. The first-order valence-corrected chi connectivity index (χ1v) is 3.37. The Morgan fingerprint density at radius 3 is 2.75 bits per heavy atom. The molecular weight excluding hydrogens is 160 g/mol. The van der Waals surface area contributed by atoms with E-state index in [9.17, 15) is 9.59 Å². The summed E-state index contributed by atoms with van der Waals surface area (Å²) in [5, 5.41) is 0. The zero-order valence-electron chi connectivity index (χ0n) is 6.79. The minimum atomic E-state index is -0.471. The molecule has 4 nitrogen and oxygen atoms in total. The minimum Gasteiger partial charge on any atom is -0.422 e. The lowest BCUT2D eigenvalue weighted by atomic mass is 10.3. The first-order chi connectivity index (χ1) is 5.63. The van der Waals surface area contributed by atoms with Crippen LogP contribution < -0.4 is 4.74 Å². The van der Waals surface area contributed by atoms with Crippen molar-refractivity contribution in [3.05, 3.63) is 17.4 Å². The summed E-state index contributed by atoms with van der Waals surface area (Å²) in [4.78, 5) is 20.7.